The molecule has 0 aliphatic rings. The van der Waals surface area contributed by atoms with Crippen molar-refractivity contribution in [1.82, 2.24) is 16.0 Å². The number of carbonyl (C=O) groups is 5. The van der Waals surface area contributed by atoms with Crippen LogP contribution in [0.2, 0.25) is 0 Å². The van der Waals surface area contributed by atoms with E-state index in [2.05, 4.69) is 28.6 Å². The molecule has 0 spiro atoms. The summed E-state index contributed by atoms with van der Waals surface area (Å²) in [6.45, 7) is 3.42. The van der Waals surface area contributed by atoms with E-state index in [9.17, 15) is 29.1 Å². The van der Waals surface area contributed by atoms with Gasteiger partial charge in [0.15, 0.2) is 0 Å². The highest BCUT2D eigenvalue weighted by atomic mass is 32.1. The van der Waals surface area contributed by atoms with Gasteiger partial charge in [0.2, 0.25) is 23.6 Å². The third kappa shape index (κ3) is 9.49. The van der Waals surface area contributed by atoms with Gasteiger partial charge in [0.05, 0.1) is 12.5 Å². The molecule has 33 heavy (non-hydrogen) atoms. The number of benzene rings is 1. The highest BCUT2D eigenvalue weighted by Gasteiger charge is 2.31. The molecule has 0 fully saturated rings. The fourth-order valence-electron chi connectivity index (χ4n) is 2.77. The van der Waals surface area contributed by atoms with Crippen molar-refractivity contribution in [2.75, 3.05) is 5.75 Å². The Kier molecular flexibility index (Phi) is 11.4. The predicted molar refractivity (Wildman–Crippen MR) is 124 cm³/mol. The first-order valence-electron chi connectivity index (χ1n) is 10.3. The highest BCUT2D eigenvalue weighted by molar-refractivity contribution is 7.80. The molecular formula is C21H31N5O6S. The van der Waals surface area contributed by atoms with E-state index < -0.39 is 60.2 Å². The molecule has 1 aromatic carbocycles. The number of hydrogen-bond donors (Lipinski definition) is 7. The Hall–Kier alpha value is -3.12. The number of amides is 4. The minimum Gasteiger partial charge on any atom is -0.480 e. The topological polar surface area (TPSA) is 194 Å². The average molecular weight is 482 g/mol. The second kappa shape index (κ2) is 13.4. The van der Waals surface area contributed by atoms with Crippen LogP contribution in [0.25, 0.3) is 0 Å². The summed E-state index contributed by atoms with van der Waals surface area (Å²) in [5.74, 6) is -4.81. The summed E-state index contributed by atoms with van der Waals surface area (Å²) < 4.78 is 0. The number of nitrogens with one attached hydrogen (secondary N) is 3. The number of nitrogens with two attached hydrogens (primary N) is 2. The van der Waals surface area contributed by atoms with E-state index in [1.165, 1.54) is 0 Å². The molecule has 1 rings (SSSR count). The lowest BCUT2D eigenvalue weighted by Gasteiger charge is -2.24. The summed E-state index contributed by atoms with van der Waals surface area (Å²) in [6, 6.07) is 3.93. The second-order valence-corrected chi connectivity index (χ2v) is 8.20. The van der Waals surface area contributed by atoms with Gasteiger partial charge in [-0.25, -0.2) is 4.79 Å². The fourth-order valence-corrected chi connectivity index (χ4v) is 3.03. The van der Waals surface area contributed by atoms with Crippen molar-refractivity contribution in [2.45, 2.75) is 50.9 Å². The number of aliphatic carboxylic acids is 1. The number of carboxylic acid groups (broad SMARTS) is 1. The van der Waals surface area contributed by atoms with Gasteiger partial charge in [0.1, 0.15) is 18.1 Å². The molecule has 0 aromatic heterocycles. The summed E-state index contributed by atoms with van der Waals surface area (Å²) in [7, 11) is 0. The maximum atomic E-state index is 12.7. The van der Waals surface area contributed by atoms with Crippen LogP contribution in [0, 0.1) is 5.92 Å². The Morgan fingerprint density at radius 3 is 1.91 bits per heavy atom. The van der Waals surface area contributed by atoms with Gasteiger partial charge in [0, 0.05) is 12.2 Å². The van der Waals surface area contributed by atoms with Crippen LogP contribution < -0.4 is 27.4 Å². The lowest BCUT2D eigenvalue weighted by atomic mass is 10.0. The molecule has 1 aromatic rings. The molecule has 0 aliphatic heterocycles. The largest absolute Gasteiger partial charge is 0.480 e. The number of carboxylic acids is 1. The van der Waals surface area contributed by atoms with E-state index in [1.807, 2.05) is 0 Å². The van der Waals surface area contributed by atoms with Crippen LogP contribution in [0.15, 0.2) is 30.3 Å². The minimum atomic E-state index is -1.37. The zero-order chi connectivity index (χ0) is 25.1. The zero-order valence-corrected chi connectivity index (χ0v) is 19.4. The molecule has 0 saturated heterocycles. The van der Waals surface area contributed by atoms with Crippen LogP contribution in [0.1, 0.15) is 25.8 Å². The monoisotopic (exact) mass is 481 g/mol. The Balaban J connectivity index is 2.88. The number of thiol groups is 1. The van der Waals surface area contributed by atoms with Crippen LogP contribution >= 0.6 is 12.6 Å². The lowest BCUT2D eigenvalue weighted by molar-refractivity contribution is -0.142. The highest BCUT2D eigenvalue weighted by Crippen LogP contribution is 2.05. The molecule has 0 heterocycles. The quantitative estimate of drug-likeness (QED) is 0.168. The SMILES string of the molecule is CC(C)C(N)C(=O)NC(CC(N)=O)C(=O)NC(CS)C(=O)NC(Cc1ccccc1)C(=O)O. The minimum absolute atomic E-state index is 0.0304. The van der Waals surface area contributed by atoms with E-state index in [4.69, 9.17) is 11.5 Å². The van der Waals surface area contributed by atoms with Crippen molar-refractivity contribution < 1.29 is 29.1 Å². The van der Waals surface area contributed by atoms with Crippen molar-refractivity contribution in [1.29, 1.82) is 0 Å². The van der Waals surface area contributed by atoms with Crippen molar-refractivity contribution in [3.63, 3.8) is 0 Å². The maximum absolute atomic E-state index is 12.7. The van der Waals surface area contributed by atoms with Gasteiger partial charge in [-0.05, 0) is 11.5 Å². The molecule has 0 radical (unpaired) electrons. The molecule has 12 heteroatoms. The summed E-state index contributed by atoms with van der Waals surface area (Å²) in [4.78, 5) is 60.6. The van der Waals surface area contributed by atoms with Gasteiger partial charge in [-0.2, -0.15) is 12.6 Å². The summed E-state index contributed by atoms with van der Waals surface area (Å²) in [5.41, 5.74) is 11.6. The standard InChI is InChI=1S/C21H31N5O6S/c1-11(2)17(23)20(30)24-13(9-16(22)27)18(28)26-15(10-33)19(29)25-14(21(31)32)8-12-6-4-3-5-7-12/h3-7,11,13-15,17,33H,8-10,23H2,1-2H3,(H2,22,27)(H,24,30)(H,25,29)(H,26,28)(H,31,32). The van der Waals surface area contributed by atoms with Gasteiger partial charge in [-0.15, -0.1) is 0 Å². The van der Waals surface area contributed by atoms with Gasteiger partial charge in [-0.1, -0.05) is 44.2 Å². The fraction of sp³-hybridized carbons (Fsp3) is 0.476. The molecule has 4 atom stereocenters. The molecule has 0 saturated carbocycles. The molecule has 182 valence electrons. The Labute approximate surface area is 197 Å². The van der Waals surface area contributed by atoms with Gasteiger partial charge < -0.3 is 32.5 Å². The lowest BCUT2D eigenvalue weighted by Crippen LogP contribution is -2.58. The van der Waals surface area contributed by atoms with Gasteiger partial charge in [-0.3, -0.25) is 19.2 Å². The first kappa shape index (κ1) is 27.9. The first-order valence-corrected chi connectivity index (χ1v) is 10.9. The normalized spacial score (nSPS) is 14.5. The first-order chi connectivity index (χ1) is 15.5. The van der Waals surface area contributed by atoms with E-state index >= 15 is 0 Å². The Morgan fingerprint density at radius 1 is 0.909 bits per heavy atom. The molecule has 0 aliphatic carbocycles. The van der Waals surface area contributed by atoms with Crippen molar-refractivity contribution in [3.05, 3.63) is 35.9 Å². The van der Waals surface area contributed by atoms with Crippen LogP contribution in [0.3, 0.4) is 0 Å². The van der Waals surface area contributed by atoms with E-state index in [-0.39, 0.29) is 18.1 Å². The number of primary amides is 1. The number of rotatable bonds is 13. The Bertz CT molecular complexity index is 851. The third-order valence-electron chi connectivity index (χ3n) is 4.77. The van der Waals surface area contributed by atoms with E-state index in [0.29, 0.717) is 5.56 Å². The zero-order valence-electron chi connectivity index (χ0n) is 18.5. The summed E-state index contributed by atoms with van der Waals surface area (Å²) >= 11 is 4.05. The molecule has 11 nitrogen and oxygen atoms in total. The molecule has 4 amide bonds. The van der Waals surface area contributed by atoms with Crippen LogP contribution in [0.4, 0.5) is 0 Å². The van der Waals surface area contributed by atoms with Crippen LogP contribution in [-0.2, 0) is 30.4 Å². The summed E-state index contributed by atoms with van der Waals surface area (Å²) in [5, 5.41) is 16.6. The summed E-state index contributed by atoms with van der Waals surface area (Å²) in [6.07, 6.45) is -0.488. The molecular weight excluding hydrogens is 450 g/mol. The molecule has 4 unspecified atom stereocenters. The second-order valence-electron chi connectivity index (χ2n) is 7.83. The van der Waals surface area contributed by atoms with Crippen molar-refractivity contribution in [2.24, 2.45) is 17.4 Å². The van der Waals surface area contributed by atoms with Gasteiger partial charge in [0.25, 0.3) is 0 Å². The Morgan fingerprint density at radius 2 is 1.42 bits per heavy atom. The third-order valence-corrected chi connectivity index (χ3v) is 5.14. The number of hydrogen-bond acceptors (Lipinski definition) is 7. The van der Waals surface area contributed by atoms with E-state index in [0.717, 1.165) is 0 Å². The molecule has 8 N–H and O–H groups in total. The molecule has 0 bridgehead atoms. The van der Waals surface area contributed by atoms with E-state index in [1.54, 1.807) is 44.2 Å². The van der Waals surface area contributed by atoms with Crippen molar-refractivity contribution >= 4 is 42.2 Å². The van der Waals surface area contributed by atoms with Crippen LogP contribution in [-0.4, -0.2) is 64.6 Å². The maximum Gasteiger partial charge on any atom is 0.326 e. The number of carbonyl (C=O) groups excluding carboxylic acids is 4. The predicted octanol–water partition coefficient (Wildman–Crippen LogP) is -1.44. The smallest absolute Gasteiger partial charge is 0.326 e. The van der Waals surface area contributed by atoms with Gasteiger partial charge >= 0.3 is 5.97 Å². The van der Waals surface area contributed by atoms with Crippen molar-refractivity contribution in [3.8, 4) is 0 Å². The van der Waals surface area contributed by atoms with Crippen LogP contribution in [0.5, 0.6) is 0 Å². The average Bonchev–Trinajstić information content (AvgIpc) is 2.75.